The van der Waals surface area contributed by atoms with Crippen LogP contribution in [0.15, 0.2) is 41.3 Å². The highest BCUT2D eigenvalue weighted by Crippen LogP contribution is 2.40. The Morgan fingerprint density at radius 3 is 2.62 bits per heavy atom. The van der Waals surface area contributed by atoms with Gasteiger partial charge in [-0.3, -0.25) is 9.59 Å². The summed E-state index contributed by atoms with van der Waals surface area (Å²) >= 11 is 1.54. The maximum absolute atomic E-state index is 13.0. The van der Waals surface area contributed by atoms with E-state index in [2.05, 4.69) is 11.4 Å². The van der Waals surface area contributed by atoms with E-state index in [-0.39, 0.29) is 24.3 Å². The number of hydrogen-bond donors (Lipinski definition) is 1. The average molecular weight is 413 g/mol. The summed E-state index contributed by atoms with van der Waals surface area (Å²) in [4.78, 5) is 27.8. The molecule has 2 aromatic rings. The monoisotopic (exact) mass is 412 g/mol. The molecule has 1 atom stereocenters. The predicted octanol–water partition coefficient (Wildman–Crippen LogP) is 3.65. The fourth-order valence-electron chi connectivity index (χ4n) is 3.96. The van der Waals surface area contributed by atoms with Crippen LogP contribution in [0.2, 0.25) is 0 Å². The predicted molar refractivity (Wildman–Crippen MR) is 113 cm³/mol. The first-order valence-electron chi connectivity index (χ1n) is 9.69. The van der Waals surface area contributed by atoms with Gasteiger partial charge in [-0.1, -0.05) is 24.3 Å². The van der Waals surface area contributed by atoms with Crippen LogP contribution in [0.25, 0.3) is 0 Å². The number of fused-ring (bicyclic) bond motifs is 2. The minimum atomic E-state index is -0.257. The van der Waals surface area contributed by atoms with Crippen molar-refractivity contribution in [3.05, 3.63) is 47.5 Å². The first-order chi connectivity index (χ1) is 14.1. The van der Waals surface area contributed by atoms with Gasteiger partial charge in [-0.15, -0.1) is 11.8 Å². The summed E-state index contributed by atoms with van der Waals surface area (Å²) in [6, 6.07) is 11.5. The molecule has 0 saturated heterocycles. The quantitative estimate of drug-likeness (QED) is 0.777. The van der Waals surface area contributed by atoms with Crippen LogP contribution in [0.4, 0.5) is 5.69 Å². The lowest BCUT2D eigenvalue weighted by Gasteiger charge is -2.36. The second-order valence-corrected chi connectivity index (χ2v) is 7.97. The molecule has 2 amide bonds. The summed E-state index contributed by atoms with van der Waals surface area (Å²) < 4.78 is 11.3. The highest BCUT2D eigenvalue weighted by atomic mass is 32.2. The van der Waals surface area contributed by atoms with Crippen LogP contribution in [0, 0.1) is 0 Å². The van der Waals surface area contributed by atoms with E-state index in [4.69, 9.17) is 9.47 Å². The summed E-state index contributed by atoms with van der Waals surface area (Å²) in [5, 5.41) is 3.02. The van der Waals surface area contributed by atoms with E-state index in [1.54, 1.807) is 11.8 Å². The first kappa shape index (κ1) is 19.6. The van der Waals surface area contributed by atoms with Crippen LogP contribution in [-0.4, -0.2) is 42.7 Å². The lowest BCUT2D eigenvalue weighted by molar-refractivity contribution is -0.132. The highest BCUT2D eigenvalue weighted by Gasteiger charge is 2.31. The second kappa shape index (κ2) is 8.37. The molecule has 2 heterocycles. The molecule has 1 unspecified atom stereocenters. The number of carbonyl (C=O) groups excluding carboxylic acids is 2. The van der Waals surface area contributed by atoms with Crippen molar-refractivity contribution in [2.24, 2.45) is 0 Å². The van der Waals surface area contributed by atoms with E-state index in [9.17, 15) is 9.59 Å². The Kier molecular flexibility index (Phi) is 5.67. The number of benzene rings is 2. The number of carbonyl (C=O) groups is 2. The zero-order valence-corrected chi connectivity index (χ0v) is 17.4. The number of nitrogens with one attached hydrogen (secondary N) is 1. The van der Waals surface area contributed by atoms with Crippen LogP contribution in [0.1, 0.15) is 30.5 Å². The summed E-state index contributed by atoms with van der Waals surface area (Å²) in [6.45, 7) is 3.20. The minimum absolute atomic E-state index is 0.0126. The van der Waals surface area contributed by atoms with Gasteiger partial charge < -0.3 is 19.7 Å². The van der Waals surface area contributed by atoms with Gasteiger partial charge in [0.15, 0.2) is 11.5 Å². The van der Waals surface area contributed by atoms with Gasteiger partial charge in [0.05, 0.1) is 18.2 Å². The zero-order chi connectivity index (χ0) is 20.4. The number of rotatable bonds is 4. The van der Waals surface area contributed by atoms with Crippen LogP contribution in [0.3, 0.4) is 0 Å². The third kappa shape index (κ3) is 4.05. The van der Waals surface area contributed by atoms with E-state index in [1.165, 1.54) is 17.3 Å². The van der Waals surface area contributed by atoms with E-state index in [0.29, 0.717) is 36.9 Å². The number of hydrogen-bond acceptors (Lipinski definition) is 5. The largest absolute Gasteiger partial charge is 0.486 e. The molecule has 29 heavy (non-hydrogen) atoms. The van der Waals surface area contributed by atoms with Crippen LogP contribution in [0.5, 0.6) is 11.5 Å². The Hall–Kier alpha value is -2.67. The van der Waals surface area contributed by atoms with Crippen LogP contribution < -0.4 is 14.8 Å². The molecule has 0 aromatic heterocycles. The second-order valence-electron chi connectivity index (χ2n) is 7.13. The summed E-state index contributed by atoms with van der Waals surface area (Å²) in [5.74, 6) is 1.19. The van der Waals surface area contributed by atoms with Gasteiger partial charge in [-0.05, 0) is 29.9 Å². The van der Waals surface area contributed by atoms with Gasteiger partial charge in [0, 0.05) is 24.4 Å². The molecule has 2 aliphatic rings. The van der Waals surface area contributed by atoms with Gasteiger partial charge in [0.2, 0.25) is 11.8 Å². The molecule has 4 rings (SSSR count). The molecule has 0 radical (unpaired) electrons. The topological polar surface area (TPSA) is 67.9 Å². The molecule has 0 fully saturated rings. The van der Waals surface area contributed by atoms with Gasteiger partial charge in [-0.2, -0.15) is 0 Å². The molecule has 2 aliphatic heterocycles. The molecule has 6 nitrogen and oxygen atoms in total. The molecule has 152 valence electrons. The van der Waals surface area contributed by atoms with Crippen molar-refractivity contribution in [3.8, 4) is 11.5 Å². The van der Waals surface area contributed by atoms with Crippen molar-refractivity contribution in [1.29, 1.82) is 0 Å². The molecule has 0 spiro atoms. The molecule has 2 aromatic carbocycles. The SMILES string of the molecule is CSc1cc2c(cc1NC(=O)CC1c3ccccc3CCN1C(C)=O)OCCO2. The highest BCUT2D eigenvalue weighted by molar-refractivity contribution is 7.98. The van der Waals surface area contributed by atoms with Gasteiger partial charge in [-0.25, -0.2) is 0 Å². The summed E-state index contributed by atoms with van der Waals surface area (Å²) in [7, 11) is 0. The maximum Gasteiger partial charge on any atom is 0.226 e. The van der Waals surface area contributed by atoms with Crippen molar-refractivity contribution in [1.82, 2.24) is 4.90 Å². The number of anilines is 1. The third-order valence-corrected chi connectivity index (χ3v) is 6.11. The molecular formula is C22H24N2O4S. The maximum atomic E-state index is 13.0. The molecule has 0 bridgehead atoms. The number of ether oxygens (including phenoxy) is 2. The van der Waals surface area contributed by atoms with Crippen molar-refractivity contribution < 1.29 is 19.1 Å². The van der Waals surface area contributed by atoms with E-state index >= 15 is 0 Å². The van der Waals surface area contributed by atoms with Crippen molar-refractivity contribution in [2.45, 2.75) is 30.7 Å². The summed E-state index contributed by atoms with van der Waals surface area (Å²) in [6.07, 6.45) is 2.97. The lowest BCUT2D eigenvalue weighted by atomic mass is 9.90. The smallest absolute Gasteiger partial charge is 0.226 e. The average Bonchev–Trinajstić information content (AvgIpc) is 2.73. The van der Waals surface area contributed by atoms with Crippen molar-refractivity contribution >= 4 is 29.3 Å². The number of thioether (sulfide) groups is 1. The molecule has 7 heteroatoms. The molecule has 0 aliphatic carbocycles. The summed E-state index contributed by atoms with van der Waals surface area (Å²) in [5.41, 5.74) is 2.95. The minimum Gasteiger partial charge on any atom is -0.486 e. The van der Waals surface area contributed by atoms with Gasteiger partial charge in [0.25, 0.3) is 0 Å². The van der Waals surface area contributed by atoms with Crippen molar-refractivity contribution in [3.63, 3.8) is 0 Å². The Balaban J connectivity index is 1.57. The van der Waals surface area contributed by atoms with Gasteiger partial charge in [0.1, 0.15) is 13.2 Å². The third-order valence-electron chi connectivity index (χ3n) is 5.33. The fraction of sp³-hybridized carbons (Fsp3) is 0.364. The molecule has 1 N–H and O–H groups in total. The Bertz CT molecular complexity index is 946. The fourth-order valence-corrected chi connectivity index (χ4v) is 4.52. The van der Waals surface area contributed by atoms with Gasteiger partial charge >= 0.3 is 0 Å². The van der Waals surface area contributed by atoms with E-state index < -0.39 is 0 Å². The number of nitrogens with zero attached hydrogens (tertiary/aromatic N) is 1. The Labute approximate surface area is 174 Å². The van der Waals surface area contributed by atoms with Crippen LogP contribution in [-0.2, 0) is 16.0 Å². The standard InChI is InChI=1S/C22H24N2O4S/c1-14(25)24-8-7-15-5-3-4-6-16(15)18(24)12-22(26)23-17-11-19-20(13-21(17)29-2)28-10-9-27-19/h3-6,11,13,18H,7-10,12H2,1-2H3,(H,23,26). The Morgan fingerprint density at radius 2 is 1.90 bits per heavy atom. The molecular weight excluding hydrogens is 388 g/mol. The number of amides is 2. The Morgan fingerprint density at radius 1 is 1.17 bits per heavy atom. The van der Waals surface area contributed by atoms with E-state index in [1.807, 2.05) is 36.6 Å². The van der Waals surface area contributed by atoms with E-state index in [0.717, 1.165) is 16.9 Å². The van der Waals surface area contributed by atoms with Crippen LogP contribution >= 0.6 is 11.8 Å². The zero-order valence-electron chi connectivity index (χ0n) is 16.6. The first-order valence-corrected chi connectivity index (χ1v) is 10.9. The lowest BCUT2D eigenvalue weighted by Crippen LogP contribution is -2.40. The normalized spacial score (nSPS) is 17.4. The molecule has 0 saturated carbocycles. The van der Waals surface area contributed by atoms with Crippen molar-refractivity contribution in [2.75, 3.05) is 31.3 Å².